The van der Waals surface area contributed by atoms with Gasteiger partial charge in [0.2, 0.25) is 0 Å². The van der Waals surface area contributed by atoms with Crippen LogP contribution < -0.4 is 4.74 Å². The molecule has 2 aliphatic rings. The molecule has 0 radical (unpaired) electrons. The van der Waals surface area contributed by atoms with Crippen molar-refractivity contribution in [2.45, 2.75) is 141 Å². The van der Waals surface area contributed by atoms with Crippen molar-refractivity contribution < 1.29 is 17.9 Å². The third kappa shape index (κ3) is 7.82. The fourth-order valence-corrected chi connectivity index (χ4v) is 6.67. The van der Waals surface area contributed by atoms with Crippen molar-refractivity contribution in [1.82, 2.24) is 0 Å². The van der Waals surface area contributed by atoms with Gasteiger partial charge in [0.05, 0.1) is 5.56 Å². The normalized spacial score (nSPS) is 19.8. The van der Waals surface area contributed by atoms with Crippen molar-refractivity contribution in [2.24, 2.45) is 5.92 Å². The first-order chi connectivity index (χ1) is 18.9. The monoisotopic (exact) mass is 542 g/mol. The van der Waals surface area contributed by atoms with Crippen LogP contribution in [0.5, 0.6) is 5.75 Å². The summed E-state index contributed by atoms with van der Waals surface area (Å²) in [4.78, 5) is 0. The molecule has 39 heavy (non-hydrogen) atoms. The molecule has 1 saturated carbocycles. The molecule has 4 rings (SSSR count). The van der Waals surface area contributed by atoms with Crippen molar-refractivity contribution >= 4 is 0 Å². The molecule has 0 N–H and O–H groups in total. The van der Waals surface area contributed by atoms with E-state index in [-0.39, 0.29) is 11.3 Å². The molecule has 1 aliphatic carbocycles. The van der Waals surface area contributed by atoms with Crippen LogP contribution in [-0.2, 0) is 12.5 Å². The van der Waals surface area contributed by atoms with Crippen molar-refractivity contribution in [3.63, 3.8) is 0 Å². The lowest BCUT2D eigenvalue weighted by atomic mass is 9.76. The molecule has 2 aromatic rings. The van der Waals surface area contributed by atoms with Gasteiger partial charge in [0.25, 0.3) is 0 Å². The highest BCUT2D eigenvalue weighted by atomic mass is 19.3. The minimum atomic E-state index is -3.53. The maximum Gasteiger partial charge on any atom is 0.427 e. The second kappa shape index (κ2) is 14.6. The van der Waals surface area contributed by atoms with E-state index in [2.05, 4.69) is 13.8 Å². The molecule has 0 spiro atoms. The topological polar surface area (TPSA) is 9.23 Å². The molecule has 2 aromatic carbocycles. The van der Waals surface area contributed by atoms with Crippen LogP contribution in [-0.4, -0.2) is 0 Å². The van der Waals surface area contributed by atoms with Crippen LogP contribution in [0.3, 0.4) is 0 Å². The van der Waals surface area contributed by atoms with Crippen molar-refractivity contribution in [2.75, 3.05) is 0 Å². The minimum absolute atomic E-state index is 0.121. The maximum atomic E-state index is 15.4. The molecular weight excluding hydrogens is 493 g/mol. The summed E-state index contributed by atoms with van der Waals surface area (Å²) < 4.78 is 51.1. The third-order valence-corrected chi connectivity index (χ3v) is 9.14. The molecule has 0 amide bonds. The van der Waals surface area contributed by atoms with Gasteiger partial charge in [-0.1, -0.05) is 115 Å². The fourth-order valence-electron chi connectivity index (χ4n) is 6.67. The van der Waals surface area contributed by atoms with Crippen LogP contribution in [0.15, 0.2) is 30.3 Å². The number of hydrogen-bond donors (Lipinski definition) is 0. The van der Waals surface area contributed by atoms with Gasteiger partial charge in [0.15, 0.2) is 11.6 Å². The summed E-state index contributed by atoms with van der Waals surface area (Å²) >= 11 is 0. The van der Waals surface area contributed by atoms with Crippen molar-refractivity contribution in [1.29, 1.82) is 0 Å². The largest absolute Gasteiger partial charge is 0.427 e. The Morgan fingerprint density at radius 3 is 2.05 bits per heavy atom. The zero-order valence-corrected chi connectivity index (χ0v) is 24.3. The van der Waals surface area contributed by atoms with E-state index in [1.54, 1.807) is 24.3 Å². The lowest BCUT2D eigenvalue weighted by Gasteiger charge is -2.32. The van der Waals surface area contributed by atoms with E-state index < -0.39 is 11.9 Å². The average Bonchev–Trinajstić information content (AvgIpc) is 2.94. The van der Waals surface area contributed by atoms with E-state index in [4.69, 9.17) is 4.74 Å². The van der Waals surface area contributed by atoms with E-state index in [0.717, 1.165) is 43.6 Å². The summed E-state index contributed by atoms with van der Waals surface area (Å²) in [5.41, 5.74) is 2.16. The number of fused-ring (bicyclic) bond motifs is 3. The van der Waals surface area contributed by atoms with Crippen LogP contribution >= 0.6 is 0 Å². The van der Waals surface area contributed by atoms with Gasteiger partial charge in [-0.25, -0.2) is 4.39 Å². The van der Waals surface area contributed by atoms with Crippen LogP contribution in [0.2, 0.25) is 0 Å². The number of aryl methyl sites for hydroxylation is 1. The minimum Gasteiger partial charge on any atom is -0.425 e. The summed E-state index contributed by atoms with van der Waals surface area (Å²) in [6.07, 6.45) is 17.3. The second-order valence-corrected chi connectivity index (χ2v) is 12.1. The van der Waals surface area contributed by atoms with Gasteiger partial charge in [0, 0.05) is 5.56 Å². The Kier molecular flexibility index (Phi) is 11.2. The van der Waals surface area contributed by atoms with Gasteiger partial charge in [-0.15, -0.1) is 0 Å². The highest BCUT2D eigenvalue weighted by molar-refractivity contribution is 5.77. The maximum absolute atomic E-state index is 15.4. The first-order valence-electron chi connectivity index (χ1n) is 16.0. The summed E-state index contributed by atoms with van der Waals surface area (Å²) in [7, 11) is 0. The number of rotatable bonds is 15. The molecule has 216 valence electrons. The Morgan fingerprint density at radius 2 is 1.36 bits per heavy atom. The predicted octanol–water partition coefficient (Wildman–Crippen LogP) is 11.9. The number of unbranched alkanes of at least 4 members (excludes halogenated alkanes) is 10. The zero-order valence-electron chi connectivity index (χ0n) is 24.3. The smallest absolute Gasteiger partial charge is 0.425 e. The molecule has 0 atom stereocenters. The Balaban J connectivity index is 1.38. The number of ether oxygens (including phenoxy) is 1. The fraction of sp³-hybridized carbons (Fsp3) is 0.657. The van der Waals surface area contributed by atoms with E-state index in [1.165, 1.54) is 77.0 Å². The van der Waals surface area contributed by atoms with Gasteiger partial charge in [-0.2, -0.15) is 8.78 Å². The Labute approximate surface area is 234 Å². The SMILES string of the molecule is CCCCCCCCCCc1ccc2c(c1F)OC(F)(F)c1cc(C3CCC(CCCCCC)CC3)ccc1-2. The van der Waals surface area contributed by atoms with Gasteiger partial charge in [-0.05, 0) is 73.1 Å². The number of hydrogen-bond acceptors (Lipinski definition) is 1. The highest BCUT2D eigenvalue weighted by Crippen LogP contribution is 2.50. The summed E-state index contributed by atoms with van der Waals surface area (Å²) in [5, 5.41) is 0. The molecule has 0 unspecified atom stereocenters. The Bertz CT molecular complexity index is 1040. The van der Waals surface area contributed by atoms with Crippen LogP contribution in [0.25, 0.3) is 11.1 Å². The number of alkyl halides is 2. The highest BCUT2D eigenvalue weighted by Gasteiger charge is 2.44. The first-order valence-corrected chi connectivity index (χ1v) is 16.0. The van der Waals surface area contributed by atoms with Crippen LogP contribution in [0.1, 0.15) is 146 Å². The first kappa shape index (κ1) is 30.0. The molecule has 4 heteroatoms. The Hall–Kier alpha value is -1.97. The van der Waals surface area contributed by atoms with Crippen LogP contribution in [0, 0.1) is 11.7 Å². The van der Waals surface area contributed by atoms with Gasteiger partial charge >= 0.3 is 6.11 Å². The quantitative estimate of drug-likeness (QED) is 0.203. The molecule has 1 heterocycles. The second-order valence-electron chi connectivity index (χ2n) is 12.1. The zero-order chi connectivity index (χ0) is 27.7. The lowest BCUT2D eigenvalue weighted by molar-refractivity contribution is -0.188. The van der Waals surface area contributed by atoms with Crippen molar-refractivity contribution in [3.8, 4) is 16.9 Å². The third-order valence-electron chi connectivity index (χ3n) is 9.14. The van der Waals surface area contributed by atoms with Crippen molar-refractivity contribution in [3.05, 3.63) is 52.8 Å². The molecular formula is C35H49F3O. The molecule has 0 bridgehead atoms. The van der Waals surface area contributed by atoms with E-state index >= 15 is 13.2 Å². The summed E-state index contributed by atoms with van der Waals surface area (Å²) in [5.74, 6) is 0.170. The van der Waals surface area contributed by atoms with Gasteiger partial charge in [-0.3, -0.25) is 0 Å². The van der Waals surface area contributed by atoms with Gasteiger partial charge in [0.1, 0.15) is 0 Å². The van der Waals surface area contributed by atoms with E-state index in [0.29, 0.717) is 29.0 Å². The Morgan fingerprint density at radius 1 is 0.744 bits per heavy atom. The lowest BCUT2D eigenvalue weighted by Crippen LogP contribution is -2.28. The summed E-state index contributed by atoms with van der Waals surface area (Å²) in [6, 6.07) is 8.94. The van der Waals surface area contributed by atoms with Gasteiger partial charge < -0.3 is 4.74 Å². The molecule has 0 aromatic heterocycles. The summed E-state index contributed by atoms with van der Waals surface area (Å²) in [6.45, 7) is 4.45. The number of benzene rings is 2. The molecule has 1 fully saturated rings. The molecule has 1 aliphatic heterocycles. The number of halogens is 3. The van der Waals surface area contributed by atoms with E-state index in [9.17, 15) is 0 Å². The van der Waals surface area contributed by atoms with Crippen LogP contribution in [0.4, 0.5) is 13.2 Å². The predicted molar refractivity (Wildman–Crippen MR) is 156 cm³/mol. The molecule has 0 saturated heterocycles. The average molecular weight is 543 g/mol. The standard InChI is InChI=1S/C35H49F3O/c1-3-5-7-9-10-11-12-14-16-28-21-24-31-30-23-22-29(25-32(30)35(37,38)39-34(31)33(28)36)27-19-17-26(18-20-27)15-13-8-6-4-2/h21-27H,3-20H2,1-2H3. The molecule has 1 nitrogen and oxygen atoms in total. The van der Waals surface area contributed by atoms with E-state index in [1.807, 2.05) is 6.07 Å².